The van der Waals surface area contributed by atoms with Gasteiger partial charge in [0.05, 0.1) is 22.0 Å². The van der Waals surface area contributed by atoms with Crippen LogP contribution in [0.15, 0.2) is 27.6 Å². The Kier molecular flexibility index (Phi) is 5.33. The highest BCUT2D eigenvalue weighted by Gasteiger charge is 2.19. The molecule has 1 rings (SSSR count). The van der Waals surface area contributed by atoms with Crippen molar-refractivity contribution in [3.63, 3.8) is 0 Å². The van der Waals surface area contributed by atoms with Crippen LogP contribution in [0.4, 0.5) is 0 Å². The third-order valence-electron chi connectivity index (χ3n) is 2.46. The molecule has 1 aromatic carbocycles. The summed E-state index contributed by atoms with van der Waals surface area (Å²) in [4.78, 5) is 10.8. The molecule has 0 atom stereocenters. The van der Waals surface area contributed by atoms with Gasteiger partial charge in [-0.2, -0.15) is 0 Å². The second-order valence-electron chi connectivity index (χ2n) is 4.25. The minimum Gasteiger partial charge on any atom is -0.478 e. The van der Waals surface area contributed by atoms with Crippen molar-refractivity contribution in [2.45, 2.75) is 11.3 Å². The largest absolute Gasteiger partial charge is 0.478 e. The molecule has 0 heterocycles. The van der Waals surface area contributed by atoms with E-state index in [-0.39, 0.29) is 32.9 Å². The van der Waals surface area contributed by atoms with E-state index >= 15 is 0 Å². The fourth-order valence-corrected chi connectivity index (χ4v) is 4.09. The zero-order chi connectivity index (χ0) is 15.6. The minimum absolute atomic E-state index is 0.0281. The molecule has 0 fully saturated rings. The number of hydrogen-bond acceptors (Lipinski definition) is 5. The zero-order valence-electron chi connectivity index (χ0n) is 10.5. The predicted octanol–water partition coefficient (Wildman–Crippen LogP) is 1.36. The van der Waals surface area contributed by atoms with Crippen LogP contribution in [0.2, 0.25) is 0 Å². The number of carbonyl (C=O) groups is 1. The highest BCUT2D eigenvalue weighted by atomic mass is 79.9. The van der Waals surface area contributed by atoms with Crippen LogP contribution in [0.5, 0.6) is 0 Å². The van der Waals surface area contributed by atoms with Crippen LogP contribution in [0, 0.1) is 0 Å². The number of benzene rings is 1. The molecule has 0 saturated carbocycles. The highest BCUT2D eigenvalue weighted by molar-refractivity contribution is 9.10. The van der Waals surface area contributed by atoms with Crippen molar-refractivity contribution in [3.8, 4) is 0 Å². The van der Waals surface area contributed by atoms with Crippen molar-refractivity contribution in [2.24, 2.45) is 0 Å². The topological polar surface area (TPSA) is 106 Å². The van der Waals surface area contributed by atoms with E-state index in [1.54, 1.807) is 0 Å². The minimum atomic E-state index is -3.70. The number of rotatable bonds is 6. The summed E-state index contributed by atoms with van der Waals surface area (Å²) < 4.78 is 46.2. The first-order chi connectivity index (χ1) is 9.03. The Morgan fingerprint density at radius 1 is 1.20 bits per heavy atom. The van der Waals surface area contributed by atoms with Gasteiger partial charge < -0.3 is 5.11 Å². The molecule has 0 aromatic heterocycles. The first-order valence-corrected chi connectivity index (χ1v) is 9.97. The second kappa shape index (κ2) is 6.23. The number of sulfone groups is 2. The monoisotopic (exact) mass is 384 g/mol. The van der Waals surface area contributed by atoms with Gasteiger partial charge >= 0.3 is 5.97 Å². The average Bonchev–Trinajstić information content (AvgIpc) is 2.26. The Bertz CT molecular complexity index is 721. The molecule has 0 saturated heterocycles. The van der Waals surface area contributed by atoms with Crippen LogP contribution in [0.3, 0.4) is 0 Å². The number of halogens is 1. The van der Waals surface area contributed by atoms with E-state index < -0.39 is 25.6 Å². The molecule has 0 amide bonds. The number of hydrogen-bond donors (Lipinski definition) is 1. The van der Waals surface area contributed by atoms with Crippen LogP contribution in [-0.4, -0.2) is 45.7 Å². The van der Waals surface area contributed by atoms with Crippen molar-refractivity contribution in [3.05, 3.63) is 28.2 Å². The lowest BCUT2D eigenvalue weighted by Gasteiger charge is -2.06. The Balaban J connectivity index is 2.99. The molecule has 112 valence electrons. The fourth-order valence-electron chi connectivity index (χ4n) is 1.49. The summed E-state index contributed by atoms with van der Waals surface area (Å²) in [6.45, 7) is 0. The van der Waals surface area contributed by atoms with E-state index in [1.165, 1.54) is 12.1 Å². The molecule has 1 aromatic rings. The van der Waals surface area contributed by atoms with Gasteiger partial charge in [0.2, 0.25) is 0 Å². The molecule has 1 N–H and O–H groups in total. The number of carboxylic acids is 1. The maximum absolute atomic E-state index is 12.0. The van der Waals surface area contributed by atoms with Gasteiger partial charge in [0.1, 0.15) is 9.84 Å². The average molecular weight is 385 g/mol. The van der Waals surface area contributed by atoms with E-state index in [0.717, 1.165) is 12.3 Å². The van der Waals surface area contributed by atoms with Gasteiger partial charge in [-0.3, -0.25) is 0 Å². The van der Waals surface area contributed by atoms with E-state index in [4.69, 9.17) is 5.11 Å². The van der Waals surface area contributed by atoms with Crippen molar-refractivity contribution >= 4 is 41.6 Å². The summed E-state index contributed by atoms with van der Waals surface area (Å²) in [6, 6.07) is 3.68. The van der Waals surface area contributed by atoms with Crippen molar-refractivity contribution < 1.29 is 26.7 Å². The fraction of sp³-hybridized carbons (Fsp3) is 0.364. The molecule has 9 heteroatoms. The molecule has 0 aliphatic heterocycles. The summed E-state index contributed by atoms with van der Waals surface area (Å²) in [5, 5.41) is 8.93. The van der Waals surface area contributed by atoms with Gasteiger partial charge in [-0.15, -0.1) is 0 Å². The summed E-state index contributed by atoms with van der Waals surface area (Å²) >= 11 is 3.02. The lowest BCUT2D eigenvalue weighted by Crippen LogP contribution is -2.13. The molecule has 0 aliphatic carbocycles. The van der Waals surface area contributed by atoms with Crippen LogP contribution in [-0.2, 0) is 19.7 Å². The molecule has 0 spiro atoms. The molecule has 0 radical (unpaired) electrons. The lowest BCUT2D eigenvalue weighted by atomic mass is 10.2. The summed E-state index contributed by atoms with van der Waals surface area (Å²) in [5.74, 6) is -1.82. The molecular formula is C11H13BrO6S2. The molecule has 0 aliphatic rings. The Morgan fingerprint density at radius 2 is 1.80 bits per heavy atom. The van der Waals surface area contributed by atoms with E-state index in [1.807, 2.05) is 0 Å². The van der Waals surface area contributed by atoms with Crippen LogP contribution < -0.4 is 0 Å². The van der Waals surface area contributed by atoms with Gasteiger partial charge in [0, 0.05) is 10.7 Å². The van der Waals surface area contributed by atoms with E-state index in [0.29, 0.717) is 0 Å². The Labute approximate surface area is 125 Å². The van der Waals surface area contributed by atoms with Crippen molar-refractivity contribution in [1.82, 2.24) is 0 Å². The predicted molar refractivity (Wildman–Crippen MR) is 77.5 cm³/mol. The summed E-state index contributed by atoms with van der Waals surface area (Å²) in [5.41, 5.74) is -0.158. The molecular weight excluding hydrogens is 372 g/mol. The molecule has 0 bridgehead atoms. The third kappa shape index (κ3) is 4.88. The van der Waals surface area contributed by atoms with E-state index in [9.17, 15) is 21.6 Å². The van der Waals surface area contributed by atoms with Crippen LogP contribution in [0.25, 0.3) is 0 Å². The standard InChI is InChI=1S/C11H13BrO6S2/c1-19(15,16)5-2-6-20(17,18)8-3-4-10(12)9(7-8)11(13)14/h3-4,7H,2,5-6H2,1H3,(H,13,14). The van der Waals surface area contributed by atoms with Crippen molar-refractivity contribution in [2.75, 3.05) is 17.8 Å². The number of aromatic carboxylic acids is 1. The normalized spacial score (nSPS) is 12.3. The molecule has 6 nitrogen and oxygen atoms in total. The van der Waals surface area contributed by atoms with Crippen LogP contribution >= 0.6 is 15.9 Å². The lowest BCUT2D eigenvalue weighted by molar-refractivity contribution is 0.0695. The van der Waals surface area contributed by atoms with Crippen LogP contribution in [0.1, 0.15) is 16.8 Å². The third-order valence-corrected chi connectivity index (χ3v) is 5.98. The van der Waals surface area contributed by atoms with Gasteiger partial charge in [-0.1, -0.05) is 0 Å². The summed E-state index contributed by atoms with van der Waals surface area (Å²) in [6.07, 6.45) is 1.00. The molecule has 20 heavy (non-hydrogen) atoms. The maximum atomic E-state index is 12.0. The number of carboxylic acid groups (broad SMARTS) is 1. The van der Waals surface area contributed by atoms with Crippen molar-refractivity contribution in [1.29, 1.82) is 0 Å². The SMILES string of the molecule is CS(=O)(=O)CCCS(=O)(=O)c1ccc(Br)c(C(=O)O)c1. The quantitative estimate of drug-likeness (QED) is 0.793. The Hall–Kier alpha value is -0.930. The van der Waals surface area contributed by atoms with Gasteiger partial charge in [0.25, 0.3) is 0 Å². The zero-order valence-corrected chi connectivity index (χ0v) is 13.8. The summed E-state index contributed by atoms with van der Waals surface area (Å²) in [7, 11) is -6.93. The first-order valence-electron chi connectivity index (χ1n) is 5.46. The highest BCUT2D eigenvalue weighted by Crippen LogP contribution is 2.22. The van der Waals surface area contributed by atoms with Gasteiger partial charge in [-0.05, 0) is 40.5 Å². The second-order valence-corrected chi connectivity index (χ2v) is 9.47. The molecule has 0 unspecified atom stereocenters. The van der Waals surface area contributed by atoms with Gasteiger partial charge in [-0.25, -0.2) is 21.6 Å². The Morgan fingerprint density at radius 3 is 2.30 bits per heavy atom. The van der Waals surface area contributed by atoms with Gasteiger partial charge in [0.15, 0.2) is 9.84 Å². The maximum Gasteiger partial charge on any atom is 0.336 e. The first kappa shape index (κ1) is 17.1. The van der Waals surface area contributed by atoms with E-state index in [2.05, 4.69) is 15.9 Å². The smallest absolute Gasteiger partial charge is 0.336 e.